The Labute approximate surface area is 124 Å². The molecule has 2 rings (SSSR count). The van der Waals surface area contributed by atoms with E-state index in [1.165, 1.54) is 5.56 Å². The lowest BCUT2D eigenvalue weighted by Crippen LogP contribution is -1.91. The molecule has 21 heavy (non-hydrogen) atoms. The van der Waals surface area contributed by atoms with Crippen LogP contribution in [0.25, 0.3) is 6.08 Å². The van der Waals surface area contributed by atoms with Gasteiger partial charge in [-0.1, -0.05) is 30.7 Å². The van der Waals surface area contributed by atoms with Gasteiger partial charge in [0.2, 0.25) is 0 Å². The SMILES string of the molecule is CCc1cccc(Oc2ccc(C)cc2/C=C/C(=O)O)c1. The highest BCUT2D eigenvalue weighted by Crippen LogP contribution is 2.28. The van der Waals surface area contributed by atoms with Gasteiger partial charge in [0.1, 0.15) is 11.5 Å². The zero-order chi connectivity index (χ0) is 15.2. The standard InChI is InChI=1S/C18H18O3/c1-3-14-5-4-6-16(12-14)21-17-9-7-13(2)11-15(17)8-10-18(19)20/h4-12H,3H2,1-2H3,(H,19,20)/b10-8+. The minimum absolute atomic E-state index is 0.645. The van der Waals surface area contributed by atoms with E-state index in [2.05, 4.69) is 6.92 Å². The largest absolute Gasteiger partial charge is 0.478 e. The van der Waals surface area contributed by atoms with Crippen LogP contribution in [0.2, 0.25) is 0 Å². The Hall–Kier alpha value is -2.55. The van der Waals surface area contributed by atoms with Crippen molar-refractivity contribution in [3.05, 3.63) is 65.2 Å². The molecule has 2 aromatic carbocycles. The van der Waals surface area contributed by atoms with Crippen LogP contribution in [0.3, 0.4) is 0 Å². The second-order valence-electron chi connectivity index (χ2n) is 4.82. The lowest BCUT2D eigenvalue weighted by atomic mass is 10.1. The number of ether oxygens (including phenoxy) is 1. The van der Waals surface area contributed by atoms with Crippen molar-refractivity contribution >= 4 is 12.0 Å². The number of carboxylic acid groups (broad SMARTS) is 1. The smallest absolute Gasteiger partial charge is 0.328 e. The van der Waals surface area contributed by atoms with Crippen molar-refractivity contribution in [2.24, 2.45) is 0 Å². The fraction of sp³-hybridized carbons (Fsp3) is 0.167. The van der Waals surface area contributed by atoms with Gasteiger partial charge in [0.05, 0.1) is 0 Å². The maximum Gasteiger partial charge on any atom is 0.328 e. The zero-order valence-corrected chi connectivity index (χ0v) is 12.2. The molecule has 2 aromatic rings. The van der Waals surface area contributed by atoms with Crippen LogP contribution in [0, 0.1) is 6.92 Å². The Bertz CT molecular complexity index is 672. The highest BCUT2D eigenvalue weighted by molar-refractivity contribution is 5.86. The Balaban J connectivity index is 2.32. The summed E-state index contributed by atoms with van der Waals surface area (Å²) in [6.45, 7) is 4.05. The van der Waals surface area contributed by atoms with Gasteiger partial charge in [0, 0.05) is 11.6 Å². The molecule has 0 bridgehead atoms. The van der Waals surface area contributed by atoms with Gasteiger partial charge >= 0.3 is 5.97 Å². The van der Waals surface area contributed by atoms with Crippen molar-refractivity contribution in [2.75, 3.05) is 0 Å². The van der Waals surface area contributed by atoms with Gasteiger partial charge in [0.25, 0.3) is 0 Å². The first-order valence-corrected chi connectivity index (χ1v) is 6.87. The molecule has 1 N–H and O–H groups in total. The third-order valence-electron chi connectivity index (χ3n) is 3.11. The maximum atomic E-state index is 10.7. The molecule has 0 aromatic heterocycles. The Morgan fingerprint density at radius 1 is 1.24 bits per heavy atom. The van der Waals surface area contributed by atoms with Crippen LogP contribution < -0.4 is 4.74 Å². The first-order valence-electron chi connectivity index (χ1n) is 6.87. The number of benzene rings is 2. The van der Waals surface area contributed by atoms with Gasteiger partial charge in [-0.3, -0.25) is 0 Å². The van der Waals surface area contributed by atoms with Crippen LogP contribution in [-0.2, 0) is 11.2 Å². The summed E-state index contributed by atoms with van der Waals surface area (Å²) in [6, 6.07) is 13.6. The molecule has 0 aliphatic carbocycles. The molecule has 0 atom stereocenters. The van der Waals surface area contributed by atoms with Crippen molar-refractivity contribution in [2.45, 2.75) is 20.3 Å². The summed E-state index contributed by atoms with van der Waals surface area (Å²) in [5, 5.41) is 8.77. The number of carbonyl (C=O) groups is 1. The Kier molecular flexibility index (Phi) is 4.77. The molecule has 0 unspecified atom stereocenters. The molecule has 0 aliphatic rings. The van der Waals surface area contributed by atoms with E-state index in [4.69, 9.17) is 9.84 Å². The third-order valence-corrected chi connectivity index (χ3v) is 3.11. The monoisotopic (exact) mass is 282 g/mol. The summed E-state index contributed by atoms with van der Waals surface area (Å²) >= 11 is 0. The molecule has 108 valence electrons. The van der Waals surface area contributed by atoms with Gasteiger partial charge < -0.3 is 9.84 Å². The van der Waals surface area contributed by atoms with Crippen molar-refractivity contribution < 1.29 is 14.6 Å². The van der Waals surface area contributed by atoms with Crippen LogP contribution in [0.5, 0.6) is 11.5 Å². The first kappa shape index (κ1) is 14.9. The molecule has 0 aliphatic heterocycles. The highest BCUT2D eigenvalue weighted by atomic mass is 16.5. The topological polar surface area (TPSA) is 46.5 Å². The summed E-state index contributed by atoms with van der Waals surface area (Å²) in [5.74, 6) is 0.421. The van der Waals surface area contributed by atoms with E-state index in [-0.39, 0.29) is 0 Å². The molecule has 3 heteroatoms. The van der Waals surface area contributed by atoms with E-state index in [9.17, 15) is 4.79 Å². The lowest BCUT2D eigenvalue weighted by Gasteiger charge is -2.10. The summed E-state index contributed by atoms with van der Waals surface area (Å²) in [5.41, 5.74) is 3.00. The summed E-state index contributed by atoms with van der Waals surface area (Å²) < 4.78 is 5.90. The number of aryl methyl sites for hydroxylation is 2. The Morgan fingerprint density at radius 3 is 2.76 bits per heavy atom. The fourth-order valence-corrected chi connectivity index (χ4v) is 2.01. The average molecular weight is 282 g/mol. The van der Waals surface area contributed by atoms with Gasteiger partial charge in [-0.25, -0.2) is 4.79 Å². The van der Waals surface area contributed by atoms with Crippen molar-refractivity contribution in [1.29, 1.82) is 0 Å². The van der Waals surface area contributed by atoms with E-state index in [1.54, 1.807) is 6.08 Å². The zero-order valence-electron chi connectivity index (χ0n) is 12.2. The Morgan fingerprint density at radius 2 is 2.05 bits per heavy atom. The quantitative estimate of drug-likeness (QED) is 0.824. The molecule has 0 saturated heterocycles. The van der Waals surface area contributed by atoms with Crippen molar-refractivity contribution in [3.63, 3.8) is 0 Å². The van der Waals surface area contributed by atoms with Gasteiger partial charge in [-0.15, -0.1) is 0 Å². The third kappa shape index (κ3) is 4.21. The summed E-state index contributed by atoms with van der Waals surface area (Å²) in [6.07, 6.45) is 3.61. The number of carboxylic acids is 1. The predicted octanol–water partition coefficient (Wildman–Crippen LogP) is 4.45. The molecule has 0 radical (unpaired) electrons. The van der Waals surface area contributed by atoms with Gasteiger partial charge in [0.15, 0.2) is 0 Å². The molecule has 0 saturated carbocycles. The minimum Gasteiger partial charge on any atom is -0.478 e. The van der Waals surface area contributed by atoms with E-state index in [0.717, 1.165) is 29.4 Å². The second-order valence-corrected chi connectivity index (χ2v) is 4.82. The van der Waals surface area contributed by atoms with Crippen LogP contribution in [-0.4, -0.2) is 11.1 Å². The predicted molar refractivity (Wildman–Crippen MR) is 83.7 cm³/mol. The maximum absolute atomic E-state index is 10.7. The number of aliphatic carboxylic acids is 1. The van der Waals surface area contributed by atoms with Crippen molar-refractivity contribution in [1.82, 2.24) is 0 Å². The second kappa shape index (κ2) is 6.75. The van der Waals surface area contributed by atoms with E-state index < -0.39 is 5.97 Å². The highest BCUT2D eigenvalue weighted by Gasteiger charge is 2.04. The molecular weight excluding hydrogens is 264 g/mol. The van der Waals surface area contributed by atoms with Crippen LogP contribution in [0.4, 0.5) is 0 Å². The van der Waals surface area contributed by atoms with Crippen LogP contribution >= 0.6 is 0 Å². The van der Waals surface area contributed by atoms with Gasteiger partial charge in [-0.05, 0) is 49.2 Å². The minimum atomic E-state index is -0.976. The normalized spacial score (nSPS) is 10.8. The van der Waals surface area contributed by atoms with E-state index in [0.29, 0.717) is 5.75 Å². The molecule has 0 heterocycles. The lowest BCUT2D eigenvalue weighted by molar-refractivity contribution is -0.131. The van der Waals surface area contributed by atoms with Gasteiger partial charge in [-0.2, -0.15) is 0 Å². The summed E-state index contributed by atoms with van der Waals surface area (Å²) in [7, 11) is 0. The number of hydrogen-bond acceptors (Lipinski definition) is 2. The molecular formula is C18H18O3. The molecule has 3 nitrogen and oxygen atoms in total. The number of rotatable bonds is 5. The van der Waals surface area contributed by atoms with Crippen molar-refractivity contribution in [3.8, 4) is 11.5 Å². The first-order chi connectivity index (χ1) is 10.1. The molecule has 0 fully saturated rings. The van der Waals surface area contributed by atoms with E-state index >= 15 is 0 Å². The van der Waals surface area contributed by atoms with E-state index in [1.807, 2.05) is 49.4 Å². The van der Waals surface area contributed by atoms with Crippen LogP contribution in [0.1, 0.15) is 23.6 Å². The van der Waals surface area contributed by atoms with Crippen LogP contribution in [0.15, 0.2) is 48.5 Å². The summed E-state index contributed by atoms with van der Waals surface area (Å²) in [4.78, 5) is 10.7. The number of hydrogen-bond donors (Lipinski definition) is 1. The molecule has 0 spiro atoms. The fourth-order valence-electron chi connectivity index (χ4n) is 2.01. The average Bonchev–Trinajstić information content (AvgIpc) is 2.47. The molecule has 0 amide bonds.